The van der Waals surface area contributed by atoms with Gasteiger partial charge in [-0.2, -0.15) is 0 Å². The van der Waals surface area contributed by atoms with E-state index in [0.29, 0.717) is 11.6 Å². The number of benzene rings is 2. The van der Waals surface area contributed by atoms with Crippen LogP contribution in [0.2, 0.25) is 0 Å². The van der Waals surface area contributed by atoms with Crippen molar-refractivity contribution in [2.45, 2.75) is 4.90 Å². The second-order valence-corrected chi connectivity index (χ2v) is 5.62. The minimum atomic E-state index is -4.08. The summed E-state index contributed by atoms with van der Waals surface area (Å²) in [5, 5.41) is 0. The molecule has 102 valence electrons. The van der Waals surface area contributed by atoms with Crippen molar-refractivity contribution in [2.75, 3.05) is 4.72 Å². The van der Waals surface area contributed by atoms with Crippen molar-refractivity contribution in [1.82, 2.24) is 0 Å². The fourth-order valence-corrected chi connectivity index (χ4v) is 2.66. The summed E-state index contributed by atoms with van der Waals surface area (Å²) in [6, 6.07) is 8.17. The summed E-state index contributed by atoms with van der Waals surface area (Å²) in [7, 11) is -4.08. The van der Waals surface area contributed by atoms with Gasteiger partial charge in [0.1, 0.15) is 11.6 Å². The standard InChI is InChI=1S/C14H9F2NO2S/c1-2-10-4-3-5-13(6-10)17-20(18,19)14-8-11(15)7-12(16)9-14/h1,3-9,17H. The van der Waals surface area contributed by atoms with E-state index in [4.69, 9.17) is 6.42 Å². The molecule has 0 amide bonds. The van der Waals surface area contributed by atoms with E-state index >= 15 is 0 Å². The lowest BCUT2D eigenvalue weighted by molar-refractivity contribution is 0.568. The smallest absolute Gasteiger partial charge is 0.262 e. The van der Waals surface area contributed by atoms with Crippen LogP contribution in [0.1, 0.15) is 5.56 Å². The zero-order valence-corrected chi connectivity index (χ0v) is 10.9. The molecule has 2 rings (SSSR count). The molecule has 0 aliphatic heterocycles. The SMILES string of the molecule is C#Cc1cccc(NS(=O)(=O)c2cc(F)cc(F)c2)c1. The van der Waals surface area contributed by atoms with Gasteiger partial charge in [0.25, 0.3) is 10.0 Å². The number of anilines is 1. The number of terminal acetylenes is 1. The molecule has 0 radical (unpaired) electrons. The Balaban J connectivity index is 2.38. The highest BCUT2D eigenvalue weighted by Gasteiger charge is 2.16. The maximum atomic E-state index is 13.1. The summed E-state index contributed by atoms with van der Waals surface area (Å²) in [6.07, 6.45) is 5.21. The third kappa shape index (κ3) is 3.13. The Bertz CT molecular complexity index is 775. The van der Waals surface area contributed by atoms with Crippen LogP contribution in [0.3, 0.4) is 0 Å². The molecule has 0 bridgehead atoms. The first-order valence-electron chi connectivity index (χ1n) is 5.46. The predicted octanol–water partition coefficient (Wildman–Crippen LogP) is 2.75. The van der Waals surface area contributed by atoms with Gasteiger partial charge in [-0.1, -0.05) is 12.0 Å². The number of halogens is 2. The van der Waals surface area contributed by atoms with Crippen LogP contribution in [0.15, 0.2) is 47.4 Å². The summed E-state index contributed by atoms with van der Waals surface area (Å²) in [4.78, 5) is -0.499. The molecule has 2 aromatic carbocycles. The summed E-state index contributed by atoms with van der Waals surface area (Å²) in [5.74, 6) is 0.417. The summed E-state index contributed by atoms with van der Waals surface area (Å²) < 4.78 is 52.3. The van der Waals surface area contributed by atoms with Gasteiger partial charge in [0.2, 0.25) is 0 Å². The van der Waals surface area contributed by atoms with Crippen molar-refractivity contribution in [3.05, 3.63) is 59.7 Å². The van der Waals surface area contributed by atoms with Gasteiger partial charge >= 0.3 is 0 Å². The molecular formula is C14H9F2NO2S. The third-order valence-electron chi connectivity index (χ3n) is 2.43. The molecule has 1 N–H and O–H groups in total. The maximum Gasteiger partial charge on any atom is 0.262 e. The van der Waals surface area contributed by atoms with E-state index in [1.54, 1.807) is 12.1 Å². The van der Waals surface area contributed by atoms with Gasteiger partial charge in [0, 0.05) is 11.6 Å². The number of sulfonamides is 1. The van der Waals surface area contributed by atoms with Crippen LogP contribution in [0.25, 0.3) is 0 Å². The molecule has 0 aliphatic rings. The fourth-order valence-electron chi connectivity index (χ4n) is 1.57. The summed E-state index contributed by atoms with van der Waals surface area (Å²) >= 11 is 0. The molecule has 6 heteroatoms. The first-order valence-corrected chi connectivity index (χ1v) is 6.94. The van der Waals surface area contributed by atoms with E-state index < -0.39 is 26.6 Å². The zero-order chi connectivity index (χ0) is 14.8. The third-order valence-corrected chi connectivity index (χ3v) is 3.79. The van der Waals surface area contributed by atoms with Crippen molar-refractivity contribution in [3.63, 3.8) is 0 Å². The summed E-state index contributed by atoms with van der Waals surface area (Å²) in [6.45, 7) is 0. The van der Waals surface area contributed by atoms with Crippen LogP contribution in [-0.2, 0) is 10.0 Å². The van der Waals surface area contributed by atoms with Crippen molar-refractivity contribution in [1.29, 1.82) is 0 Å². The second kappa shape index (κ2) is 5.31. The Morgan fingerprint density at radius 3 is 2.30 bits per heavy atom. The molecule has 0 spiro atoms. The largest absolute Gasteiger partial charge is 0.280 e. The highest BCUT2D eigenvalue weighted by atomic mass is 32.2. The first-order chi connectivity index (χ1) is 9.40. The molecule has 0 saturated carbocycles. The van der Waals surface area contributed by atoms with Crippen LogP contribution >= 0.6 is 0 Å². The predicted molar refractivity (Wildman–Crippen MR) is 71.5 cm³/mol. The Morgan fingerprint density at radius 2 is 1.70 bits per heavy atom. The Morgan fingerprint density at radius 1 is 1.05 bits per heavy atom. The van der Waals surface area contributed by atoms with Crippen LogP contribution in [0.4, 0.5) is 14.5 Å². The van der Waals surface area contributed by atoms with Gasteiger partial charge in [-0.15, -0.1) is 6.42 Å². The maximum absolute atomic E-state index is 13.1. The van der Waals surface area contributed by atoms with E-state index in [-0.39, 0.29) is 5.69 Å². The van der Waals surface area contributed by atoms with E-state index in [1.807, 2.05) is 0 Å². The average molecular weight is 293 g/mol. The van der Waals surface area contributed by atoms with Gasteiger partial charge < -0.3 is 0 Å². The minimum Gasteiger partial charge on any atom is -0.280 e. The normalized spacial score (nSPS) is 10.8. The van der Waals surface area contributed by atoms with Gasteiger partial charge in [0.15, 0.2) is 0 Å². The minimum absolute atomic E-state index is 0.213. The van der Waals surface area contributed by atoms with Gasteiger partial charge in [-0.25, -0.2) is 17.2 Å². The first kappa shape index (κ1) is 14.0. The van der Waals surface area contributed by atoms with Crippen LogP contribution in [0, 0.1) is 24.0 Å². The van der Waals surface area contributed by atoms with E-state index in [9.17, 15) is 17.2 Å². The zero-order valence-electron chi connectivity index (χ0n) is 10.1. The quantitative estimate of drug-likeness (QED) is 0.885. The molecule has 0 fully saturated rings. The van der Waals surface area contributed by atoms with Gasteiger partial charge in [-0.05, 0) is 30.3 Å². The molecule has 0 saturated heterocycles. The molecule has 0 aliphatic carbocycles. The van der Waals surface area contributed by atoms with Crippen LogP contribution < -0.4 is 4.72 Å². The molecule has 0 aromatic heterocycles. The Hall–Kier alpha value is -2.39. The topological polar surface area (TPSA) is 46.2 Å². The number of rotatable bonds is 3. The average Bonchev–Trinajstić information content (AvgIpc) is 2.37. The van der Waals surface area contributed by atoms with E-state index in [1.165, 1.54) is 12.1 Å². The number of nitrogens with one attached hydrogen (secondary N) is 1. The van der Waals surface area contributed by atoms with Crippen molar-refractivity contribution in [3.8, 4) is 12.3 Å². The van der Waals surface area contributed by atoms with Crippen LogP contribution in [0.5, 0.6) is 0 Å². The number of hydrogen-bond acceptors (Lipinski definition) is 2. The number of hydrogen-bond donors (Lipinski definition) is 1. The van der Waals surface area contributed by atoms with Crippen molar-refractivity contribution in [2.24, 2.45) is 0 Å². The highest BCUT2D eigenvalue weighted by Crippen LogP contribution is 2.18. The van der Waals surface area contributed by atoms with Crippen LogP contribution in [-0.4, -0.2) is 8.42 Å². The lowest BCUT2D eigenvalue weighted by atomic mass is 10.2. The van der Waals surface area contributed by atoms with Crippen molar-refractivity contribution < 1.29 is 17.2 Å². The monoisotopic (exact) mass is 293 g/mol. The fraction of sp³-hybridized carbons (Fsp3) is 0. The molecular weight excluding hydrogens is 284 g/mol. The molecule has 0 heterocycles. The van der Waals surface area contributed by atoms with Gasteiger partial charge in [-0.3, -0.25) is 4.72 Å². The molecule has 2 aromatic rings. The van der Waals surface area contributed by atoms with E-state index in [0.717, 1.165) is 12.1 Å². The lowest BCUT2D eigenvalue weighted by Gasteiger charge is -2.08. The van der Waals surface area contributed by atoms with E-state index in [2.05, 4.69) is 10.6 Å². The highest BCUT2D eigenvalue weighted by molar-refractivity contribution is 7.92. The lowest BCUT2D eigenvalue weighted by Crippen LogP contribution is -2.13. The Kier molecular flexibility index (Phi) is 3.72. The molecule has 0 atom stereocenters. The molecule has 3 nitrogen and oxygen atoms in total. The second-order valence-electron chi connectivity index (χ2n) is 3.94. The van der Waals surface area contributed by atoms with Crippen molar-refractivity contribution >= 4 is 15.7 Å². The molecule has 20 heavy (non-hydrogen) atoms. The molecule has 0 unspecified atom stereocenters. The van der Waals surface area contributed by atoms with Gasteiger partial charge in [0.05, 0.1) is 10.6 Å². The summed E-state index contributed by atoms with van der Waals surface area (Å²) in [5.41, 5.74) is 0.695. The Labute approximate surface area is 115 Å².